The fourth-order valence-corrected chi connectivity index (χ4v) is 10.8. The second kappa shape index (κ2) is 8.82. The van der Waals surface area contributed by atoms with Gasteiger partial charge < -0.3 is 19.7 Å². The highest BCUT2D eigenvalue weighted by atomic mass is 32.3. The van der Waals surface area contributed by atoms with E-state index in [9.17, 15) is 32.8 Å². The van der Waals surface area contributed by atoms with Gasteiger partial charge in [0.1, 0.15) is 29.7 Å². The lowest BCUT2D eigenvalue weighted by Gasteiger charge is -2.59. The molecule has 12 atom stereocenters. The Labute approximate surface area is 229 Å². The highest BCUT2D eigenvalue weighted by Crippen LogP contribution is 2.73. The number of hydrogen-bond acceptors (Lipinski definition) is 9. The average molecular weight is 569 g/mol. The van der Waals surface area contributed by atoms with Crippen LogP contribution >= 0.6 is 0 Å². The first-order chi connectivity index (χ1) is 18.2. The molecule has 0 aromatic heterocycles. The molecule has 3 N–H and O–H groups in total. The third kappa shape index (κ3) is 3.72. The second-order valence-corrected chi connectivity index (χ2v) is 14.5. The zero-order valence-electron chi connectivity index (χ0n) is 23.0. The molecule has 0 aromatic rings. The molecule has 0 amide bonds. The van der Waals surface area contributed by atoms with Crippen LogP contribution in [0.2, 0.25) is 0 Å². The van der Waals surface area contributed by atoms with Gasteiger partial charge >= 0.3 is 16.4 Å². The first kappa shape index (κ1) is 27.8. The van der Waals surface area contributed by atoms with Gasteiger partial charge in [0.2, 0.25) is 0 Å². The smallest absolute Gasteiger partial charge is 0.397 e. The van der Waals surface area contributed by atoms with Gasteiger partial charge in [0.05, 0.1) is 23.7 Å². The van der Waals surface area contributed by atoms with E-state index in [1.165, 1.54) is 0 Å². The van der Waals surface area contributed by atoms with E-state index in [1.807, 2.05) is 13.8 Å². The van der Waals surface area contributed by atoms with Crippen molar-refractivity contribution >= 4 is 22.2 Å². The first-order valence-corrected chi connectivity index (χ1v) is 15.6. The van der Waals surface area contributed by atoms with Crippen LogP contribution in [0.4, 0.5) is 0 Å². The molecule has 6 rings (SSSR count). The van der Waals surface area contributed by atoms with Crippen molar-refractivity contribution in [1.82, 2.24) is 0 Å². The topological polar surface area (TPSA) is 160 Å². The molecule has 1 saturated heterocycles. The fourth-order valence-electron chi connectivity index (χ4n) is 10.3. The molecule has 4 saturated carbocycles. The van der Waals surface area contributed by atoms with Crippen LogP contribution < -0.4 is 0 Å². The maximum absolute atomic E-state index is 13.7. The molecule has 11 heteroatoms. The SMILES string of the molecule is CC1=C(CO)C(=O)O[C@@H]([C@@H](C)C2CCC3C4C[C@H]5O[C@]56[C@@H](O)[C@@H](OS(=O)(=O)O)CC(=O)[C@]6(C)C4CC[C@@]32C)C1. The molecule has 6 aliphatic rings. The number of hydrogen-bond donors (Lipinski definition) is 3. The van der Waals surface area contributed by atoms with Crippen molar-refractivity contribution in [2.24, 2.45) is 40.4 Å². The zero-order valence-corrected chi connectivity index (χ0v) is 23.8. The van der Waals surface area contributed by atoms with Gasteiger partial charge in [-0.25, -0.2) is 8.98 Å². The molecule has 39 heavy (non-hydrogen) atoms. The number of aliphatic hydroxyl groups excluding tert-OH is 2. The molecule has 0 radical (unpaired) electrons. The summed E-state index contributed by atoms with van der Waals surface area (Å²) in [6.45, 7) is 7.98. The van der Waals surface area contributed by atoms with E-state index >= 15 is 0 Å². The predicted molar refractivity (Wildman–Crippen MR) is 136 cm³/mol. The van der Waals surface area contributed by atoms with Gasteiger partial charge in [0.25, 0.3) is 0 Å². The lowest BCUT2D eigenvalue weighted by atomic mass is 9.43. The van der Waals surface area contributed by atoms with E-state index < -0.39 is 39.6 Å². The Balaban J connectivity index is 1.25. The van der Waals surface area contributed by atoms with Crippen LogP contribution in [-0.2, 0) is 33.6 Å². The van der Waals surface area contributed by atoms with Crippen molar-refractivity contribution in [3.05, 3.63) is 11.1 Å². The summed E-state index contributed by atoms with van der Waals surface area (Å²) in [5, 5.41) is 20.8. The number of fused-ring (bicyclic) bond motifs is 4. The number of aliphatic hydroxyl groups is 2. The van der Waals surface area contributed by atoms with Crippen molar-refractivity contribution in [2.75, 3.05) is 6.61 Å². The summed E-state index contributed by atoms with van der Waals surface area (Å²) in [5.41, 5.74) is -0.905. The van der Waals surface area contributed by atoms with Crippen LogP contribution in [0, 0.1) is 40.4 Å². The van der Waals surface area contributed by atoms with E-state index in [4.69, 9.17) is 13.7 Å². The Morgan fingerprint density at radius 3 is 2.49 bits per heavy atom. The van der Waals surface area contributed by atoms with Gasteiger partial charge in [-0.15, -0.1) is 0 Å². The number of ether oxygens (including phenoxy) is 2. The Hall–Kier alpha value is -1.37. The highest BCUT2D eigenvalue weighted by molar-refractivity contribution is 7.80. The van der Waals surface area contributed by atoms with E-state index in [1.54, 1.807) is 0 Å². The lowest BCUT2D eigenvalue weighted by Crippen LogP contribution is -2.68. The summed E-state index contributed by atoms with van der Waals surface area (Å²) >= 11 is 0. The number of rotatable bonds is 5. The maximum Gasteiger partial charge on any atom is 0.397 e. The highest BCUT2D eigenvalue weighted by Gasteiger charge is 2.82. The van der Waals surface area contributed by atoms with Gasteiger partial charge in [-0.2, -0.15) is 8.42 Å². The Morgan fingerprint density at radius 1 is 1.13 bits per heavy atom. The number of Topliss-reactive ketones (excluding diaryl/α,β-unsaturated/α-hetero) is 1. The summed E-state index contributed by atoms with van der Waals surface area (Å²) in [7, 11) is -4.84. The van der Waals surface area contributed by atoms with Crippen molar-refractivity contribution in [2.45, 2.75) is 103 Å². The number of carbonyl (C=O) groups excluding carboxylic acids is 2. The van der Waals surface area contributed by atoms with E-state index in [-0.39, 0.29) is 54.2 Å². The van der Waals surface area contributed by atoms with Crippen LogP contribution in [0.3, 0.4) is 0 Å². The summed E-state index contributed by atoms with van der Waals surface area (Å²) in [4.78, 5) is 26.2. The maximum atomic E-state index is 13.7. The fraction of sp³-hybridized carbons (Fsp3) is 0.857. The monoisotopic (exact) mass is 568 g/mol. The largest absolute Gasteiger partial charge is 0.458 e. The van der Waals surface area contributed by atoms with Gasteiger partial charge in [0.15, 0.2) is 0 Å². The number of cyclic esters (lactones) is 1. The van der Waals surface area contributed by atoms with Crippen LogP contribution in [0.1, 0.15) is 72.6 Å². The third-order valence-electron chi connectivity index (χ3n) is 12.2. The zero-order chi connectivity index (χ0) is 28.3. The standard InChI is InChI=1S/C28H40O10S/c1-13-9-20(36-25(32)16(13)12-29)14(2)17-5-6-18-15-10-23-28(37-23)24(31)21(38-39(33,34)35)11-22(30)27(28,4)19(15)7-8-26(17,18)3/h14-15,17-21,23-24,29,31H,5-12H2,1-4H3,(H,33,34,35)/t14-,15?,17?,18?,19?,20+,21-,23+,24-,26+,27-,28-/m0/s1. The van der Waals surface area contributed by atoms with Crippen LogP contribution in [0.25, 0.3) is 0 Å². The Morgan fingerprint density at radius 2 is 1.85 bits per heavy atom. The minimum Gasteiger partial charge on any atom is -0.458 e. The van der Waals surface area contributed by atoms with E-state index in [2.05, 4.69) is 13.8 Å². The minimum absolute atomic E-state index is 0.0000588. The molecule has 2 heterocycles. The van der Waals surface area contributed by atoms with Crippen molar-refractivity contribution in [3.63, 3.8) is 0 Å². The number of carbonyl (C=O) groups is 2. The van der Waals surface area contributed by atoms with E-state index in [0.717, 1.165) is 31.3 Å². The predicted octanol–water partition coefficient (Wildman–Crippen LogP) is 2.37. The summed E-state index contributed by atoms with van der Waals surface area (Å²) in [5.74, 6) is 0.437. The van der Waals surface area contributed by atoms with Gasteiger partial charge in [-0.05, 0) is 81.0 Å². The van der Waals surface area contributed by atoms with Crippen LogP contribution in [0.5, 0.6) is 0 Å². The second-order valence-electron chi connectivity index (χ2n) is 13.5. The average Bonchev–Trinajstić information content (AvgIpc) is 3.48. The van der Waals surface area contributed by atoms with Crippen molar-refractivity contribution < 1.29 is 46.4 Å². The van der Waals surface area contributed by atoms with Gasteiger partial charge in [-0.1, -0.05) is 19.4 Å². The summed E-state index contributed by atoms with van der Waals surface area (Å²) < 4.78 is 48.7. The van der Waals surface area contributed by atoms with Crippen molar-refractivity contribution in [1.29, 1.82) is 0 Å². The number of epoxide rings is 1. The quantitative estimate of drug-likeness (QED) is 0.255. The number of esters is 1. The first-order valence-electron chi connectivity index (χ1n) is 14.2. The van der Waals surface area contributed by atoms with Crippen molar-refractivity contribution in [3.8, 4) is 0 Å². The molecule has 10 nitrogen and oxygen atoms in total. The van der Waals surface area contributed by atoms with Gasteiger partial charge in [0, 0.05) is 12.8 Å². The van der Waals surface area contributed by atoms with Gasteiger partial charge in [-0.3, -0.25) is 9.35 Å². The molecule has 0 aromatic carbocycles. The van der Waals surface area contributed by atoms with E-state index in [0.29, 0.717) is 30.3 Å². The molecule has 1 spiro atoms. The molecule has 4 unspecified atom stereocenters. The molecule has 0 bridgehead atoms. The third-order valence-corrected chi connectivity index (χ3v) is 12.7. The molecular weight excluding hydrogens is 528 g/mol. The molecule has 218 valence electrons. The van der Waals surface area contributed by atoms with Crippen LogP contribution in [-0.4, -0.2) is 71.6 Å². The lowest BCUT2D eigenvalue weighted by molar-refractivity contribution is -0.178. The molecule has 2 aliphatic heterocycles. The normalized spacial score (nSPS) is 49.9. The molecule has 4 aliphatic carbocycles. The Kier molecular flexibility index (Phi) is 6.28. The molecular formula is C28H40O10S. The summed E-state index contributed by atoms with van der Waals surface area (Å²) in [6, 6.07) is 0. The minimum atomic E-state index is -4.84. The Bertz CT molecular complexity index is 1230. The number of ketones is 1. The van der Waals surface area contributed by atoms with Crippen LogP contribution in [0.15, 0.2) is 11.1 Å². The molecule has 5 fully saturated rings. The summed E-state index contributed by atoms with van der Waals surface area (Å²) in [6.07, 6.45) is 1.40.